The number of aromatic nitrogens is 4. The third-order valence-corrected chi connectivity index (χ3v) is 4.40. The van der Waals surface area contributed by atoms with Gasteiger partial charge in [0.05, 0.1) is 29.5 Å². The lowest BCUT2D eigenvalue weighted by molar-refractivity contribution is -0.385. The Morgan fingerprint density at radius 3 is 2.70 bits per heavy atom. The molecule has 1 N–H and O–H groups in total. The molecular formula is C18H20N6O3. The van der Waals surface area contributed by atoms with Crippen LogP contribution in [0.15, 0.2) is 36.8 Å². The third-order valence-electron chi connectivity index (χ3n) is 4.40. The highest BCUT2D eigenvalue weighted by molar-refractivity contribution is 6.04. The topological polar surface area (TPSA) is 108 Å². The first kappa shape index (κ1) is 18.3. The molecule has 0 spiro atoms. The molecule has 2 aromatic heterocycles. The number of hydrogen-bond donors (Lipinski definition) is 1. The quantitative estimate of drug-likeness (QED) is 0.532. The van der Waals surface area contributed by atoms with Gasteiger partial charge >= 0.3 is 0 Å². The molecular weight excluding hydrogens is 348 g/mol. The van der Waals surface area contributed by atoms with Crippen LogP contribution in [0.1, 0.15) is 34.1 Å². The van der Waals surface area contributed by atoms with E-state index in [1.54, 1.807) is 36.1 Å². The number of nitrogens with one attached hydrogen (secondary N) is 1. The summed E-state index contributed by atoms with van der Waals surface area (Å²) in [4.78, 5) is 22.9. The standard InChI is InChI=1S/C18H20N6O3/c1-4-23-13(3)15(8-20-23)10-22-11-16(9-19-22)21-18(25)14-6-5-12(2)17(7-14)24(26)27/h5-9,11H,4,10H2,1-3H3,(H,21,25). The Morgan fingerprint density at radius 1 is 1.26 bits per heavy atom. The van der Waals surface area contributed by atoms with Crippen molar-refractivity contribution in [2.24, 2.45) is 0 Å². The number of nitrogens with zero attached hydrogens (tertiary/aromatic N) is 5. The molecule has 0 radical (unpaired) electrons. The van der Waals surface area contributed by atoms with Crippen molar-refractivity contribution < 1.29 is 9.72 Å². The number of benzene rings is 1. The summed E-state index contributed by atoms with van der Waals surface area (Å²) in [7, 11) is 0. The van der Waals surface area contributed by atoms with Crippen LogP contribution in [0.5, 0.6) is 0 Å². The fourth-order valence-corrected chi connectivity index (χ4v) is 2.80. The van der Waals surface area contributed by atoms with Gasteiger partial charge in [-0.05, 0) is 26.8 Å². The van der Waals surface area contributed by atoms with Crippen molar-refractivity contribution in [3.8, 4) is 0 Å². The van der Waals surface area contributed by atoms with Crippen LogP contribution in [0, 0.1) is 24.0 Å². The minimum absolute atomic E-state index is 0.0817. The van der Waals surface area contributed by atoms with Crippen LogP contribution < -0.4 is 5.32 Å². The summed E-state index contributed by atoms with van der Waals surface area (Å²) in [5.74, 6) is -0.423. The van der Waals surface area contributed by atoms with Crippen molar-refractivity contribution >= 4 is 17.3 Å². The maximum absolute atomic E-state index is 12.4. The Bertz CT molecular complexity index is 1000. The minimum Gasteiger partial charge on any atom is -0.319 e. The van der Waals surface area contributed by atoms with E-state index in [0.29, 0.717) is 17.8 Å². The van der Waals surface area contributed by atoms with E-state index in [4.69, 9.17) is 0 Å². The first-order valence-electron chi connectivity index (χ1n) is 8.49. The molecule has 0 aliphatic heterocycles. The molecule has 140 valence electrons. The van der Waals surface area contributed by atoms with Crippen molar-refractivity contribution in [1.82, 2.24) is 19.6 Å². The number of nitro benzene ring substituents is 1. The highest BCUT2D eigenvalue weighted by Crippen LogP contribution is 2.20. The maximum Gasteiger partial charge on any atom is 0.273 e. The SMILES string of the molecule is CCn1ncc(Cn2cc(NC(=O)c3ccc(C)c([N+](=O)[O-])c3)cn2)c1C. The Morgan fingerprint density at radius 2 is 2.04 bits per heavy atom. The van der Waals surface area contributed by atoms with Gasteiger partial charge < -0.3 is 5.32 Å². The molecule has 0 saturated heterocycles. The summed E-state index contributed by atoms with van der Waals surface area (Å²) in [5.41, 5.74) is 3.29. The molecule has 3 rings (SSSR count). The van der Waals surface area contributed by atoms with Gasteiger partial charge in [-0.25, -0.2) is 0 Å². The Hall–Kier alpha value is -3.49. The van der Waals surface area contributed by atoms with Crippen LogP contribution in [0.3, 0.4) is 0 Å². The van der Waals surface area contributed by atoms with Gasteiger partial charge in [0.15, 0.2) is 0 Å². The van der Waals surface area contributed by atoms with Gasteiger partial charge in [-0.15, -0.1) is 0 Å². The second-order valence-electron chi connectivity index (χ2n) is 6.21. The van der Waals surface area contributed by atoms with Crippen LogP contribution in [0.2, 0.25) is 0 Å². The van der Waals surface area contributed by atoms with Crippen LogP contribution in [0.25, 0.3) is 0 Å². The first-order chi connectivity index (χ1) is 12.9. The van der Waals surface area contributed by atoms with E-state index in [2.05, 4.69) is 15.5 Å². The zero-order valence-corrected chi connectivity index (χ0v) is 15.3. The molecule has 1 aromatic carbocycles. The van der Waals surface area contributed by atoms with Crippen LogP contribution in [0.4, 0.5) is 11.4 Å². The van der Waals surface area contributed by atoms with Crippen LogP contribution in [-0.2, 0) is 13.1 Å². The average Bonchev–Trinajstić information content (AvgIpc) is 3.22. The molecule has 9 heteroatoms. The molecule has 2 heterocycles. The van der Waals surface area contributed by atoms with Crippen molar-refractivity contribution in [2.45, 2.75) is 33.9 Å². The second-order valence-corrected chi connectivity index (χ2v) is 6.21. The smallest absolute Gasteiger partial charge is 0.273 e. The zero-order chi connectivity index (χ0) is 19.6. The van der Waals surface area contributed by atoms with Gasteiger partial charge in [-0.3, -0.25) is 24.3 Å². The molecule has 0 unspecified atom stereocenters. The molecule has 0 aliphatic rings. The number of nitro groups is 1. The van der Waals surface area contributed by atoms with Gasteiger partial charge in [0.25, 0.3) is 11.6 Å². The summed E-state index contributed by atoms with van der Waals surface area (Å²) < 4.78 is 3.61. The first-order valence-corrected chi connectivity index (χ1v) is 8.49. The molecule has 0 fully saturated rings. The number of carbonyl (C=O) groups is 1. The summed E-state index contributed by atoms with van der Waals surface area (Å²) >= 11 is 0. The van der Waals surface area contributed by atoms with E-state index in [0.717, 1.165) is 17.8 Å². The van der Waals surface area contributed by atoms with Crippen molar-refractivity contribution in [1.29, 1.82) is 0 Å². The lowest BCUT2D eigenvalue weighted by Crippen LogP contribution is -2.12. The summed E-state index contributed by atoms with van der Waals surface area (Å²) in [6, 6.07) is 4.40. The molecule has 0 atom stereocenters. The van der Waals surface area contributed by atoms with Gasteiger partial charge in [-0.2, -0.15) is 10.2 Å². The molecule has 3 aromatic rings. The van der Waals surface area contributed by atoms with E-state index >= 15 is 0 Å². The van der Waals surface area contributed by atoms with Gasteiger partial charge in [0.1, 0.15) is 0 Å². The summed E-state index contributed by atoms with van der Waals surface area (Å²) in [5, 5.41) is 22.3. The number of anilines is 1. The van der Waals surface area contributed by atoms with Crippen molar-refractivity contribution in [3.05, 3.63) is 69.3 Å². The Labute approximate surface area is 155 Å². The zero-order valence-electron chi connectivity index (χ0n) is 15.3. The molecule has 27 heavy (non-hydrogen) atoms. The third kappa shape index (κ3) is 3.86. The Kier molecular flexibility index (Phi) is 5.02. The van der Waals surface area contributed by atoms with Gasteiger partial charge in [0, 0.05) is 41.2 Å². The van der Waals surface area contributed by atoms with Gasteiger partial charge in [-0.1, -0.05) is 6.07 Å². The fourth-order valence-electron chi connectivity index (χ4n) is 2.80. The molecule has 0 bridgehead atoms. The molecule has 1 amide bonds. The minimum atomic E-state index is -0.497. The van der Waals surface area contributed by atoms with Crippen molar-refractivity contribution in [3.63, 3.8) is 0 Å². The normalized spacial score (nSPS) is 10.8. The fraction of sp³-hybridized carbons (Fsp3) is 0.278. The van der Waals surface area contributed by atoms with Crippen LogP contribution >= 0.6 is 0 Å². The monoisotopic (exact) mass is 368 g/mol. The largest absolute Gasteiger partial charge is 0.319 e. The predicted molar refractivity (Wildman–Crippen MR) is 99.8 cm³/mol. The van der Waals surface area contributed by atoms with Crippen LogP contribution in [-0.4, -0.2) is 30.4 Å². The number of hydrogen-bond acceptors (Lipinski definition) is 5. The lowest BCUT2D eigenvalue weighted by Gasteiger charge is -2.04. The molecule has 9 nitrogen and oxygen atoms in total. The van der Waals surface area contributed by atoms with E-state index in [1.807, 2.05) is 24.7 Å². The van der Waals surface area contributed by atoms with Crippen molar-refractivity contribution in [2.75, 3.05) is 5.32 Å². The number of aryl methyl sites for hydroxylation is 2. The second kappa shape index (κ2) is 7.40. The van der Waals surface area contributed by atoms with E-state index in [9.17, 15) is 14.9 Å². The van der Waals surface area contributed by atoms with Gasteiger partial charge in [0.2, 0.25) is 0 Å². The van der Waals surface area contributed by atoms with E-state index in [-0.39, 0.29) is 11.3 Å². The number of carbonyl (C=O) groups excluding carboxylic acids is 1. The molecule has 0 saturated carbocycles. The highest BCUT2D eigenvalue weighted by Gasteiger charge is 2.16. The highest BCUT2D eigenvalue weighted by atomic mass is 16.6. The average molecular weight is 368 g/mol. The van der Waals surface area contributed by atoms with E-state index in [1.165, 1.54) is 6.07 Å². The maximum atomic E-state index is 12.4. The predicted octanol–water partition coefficient (Wildman–Crippen LogP) is 2.93. The number of amides is 1. The Balaban J connectivity index is 1.72. The van der Waals surface area contributed by atoms with E-state index < -0.39 is 10.8 Å². The summed E-state index contributed by atoms with van der Waals surface area (Å²) in [6.45, 7) is 7.00. The summed E-state index contributed by atoms with van der Waals surface area (Å²) in [6.07, 6.45) is 5.06. The molecule has 0 aliphatic carbocycles. The lowest BCUT2D eigenvalue weighted by atomic mass is 10.1. The number of rotatable bonds is 6.